The lowest BCUT2D eigenvalue weighted by Gasteiger charge is -2.28. The summed E-state index contributed by atoms with van der Waals surface area (Å²) in [7, 11) is -3.73. The molecule has 3 aromatic carbocycles. The van der Waals surface area contributed by atoms with Crippen LogP contribution in [-0.2, 0) is 21.4 Å². The Balaban J connectivity index is 1.38. The largest absolute Gasteiger partial charge is 0.427 e. The van der Waals surface area contributed by atoms with Crippen molar-refractivity contribution in [3.05, 3.63) is 83.6 Å². The number of β-amino-alcohol motifs (C(OH)–C–C–N with tert-alkyl or cyclic N) is 1. The Hall–Kier alpha value is -3.44. The summed E-state index contributed by atoms with van der Waals surface area (Å²) in [5.74, 6) is 0.268. The summed E-state index contributed by atoms with van der Waals surface area (Å²) in [4.78, 5) is 15.3. The van der Waals surface area contributed by atoms with Gasteiger partial charge >= 0.3 is 0 Å². The summed E-state index contributed by atoms with van der Waals surface area (Å²) in [5, 5.41) is 14.5. The van der Waals surface area contributed by atoms with Gasteiger partial charge in [0.25, 0.3) is 16.5 Å². The Bertz CT molecular complexity index is 1520. The van der Waals surface area contributed by atoms with Crippen molar-refractivity contribution in [1.82, 2.24) is 14.9 Å². The molecule has 1 heterocycles. The van der Waals surface area contributed by atoms with Crippen molar-refractivity contribution in [2.75, 3.05) is 11.3 Å². The number of aryl methyl sites for hydroxylation is 1. The number of hydrogen-bond donors (Lipinski definition) is 3. The normalized spacial score (nSPS) is 12.8. The first-order chi connectivity index (χ1) is 18.1. The highest BCUT2D eigenvalue weighted by atomic mass is 35.5. The van der Waals surface area contributed by atoms with Crippen molar-refractivity contribution < 1.29 is 23.1 Å². The zero-order valence-electron chi connectivity index (χ0n) is 21.0. The van der Waals surface area contributed by atoms with Crippen LogP contribution in [0.5, 0.6) is 5.75 Å². The first kappa shape index (κ1) is 27.6. The van der Waals surface area contributed by atoms with Crippen LogP contribution in [0.2, 0.25) is 5.02 Å². The number of nitrogens with zero attached hydrogens (tertiary/aromatic N) is 2. The summed E-state index contributed by atoms with van der Waals surface area (Å²) < 4.78 is 34.7. The van der Waals surface area contributed by atoms with E-state index < -0.39 is 16.1 Å². The number of imidazole rings is 1. The maximum Gasteiger partial charge on any atom is 0.298 e. The van der Waals surface area contributed by atoms with Gasteiger partial charge in [-0.25, -0.2) is 13.4 Å². The monoisotopic (exact) mass is 556 g/mol. The molecule has 3 N–H and O–H groups in total. The van der Waals surface area contributed by atoms with E-state index in [1.807, 2.05) is 18.4 Å². The van der Waals surface area contributed by atoms with Crippen LogP contribution in [-0.4, -0.2) is 41.6 Å². The van der Waals surface area contributed by atoms with Crippen molar-refractivity contribution in [3.63, 3.8) is 0 Å². The highest BCUT2D eigenvalue weighted by Gasteiger charge is 2.21. The lowest BCUT2D eigenvalue weighted by Crippen LogP contribution is -2.42. The first-order valence-corrected chi connectivity index (χ1v) is 13.8. The smallest absolute Gasteiger partial charge is 0.298 e. The van der Waals surface area contributed by atoms with Crippen molar-refractivity contribution >= 4 is 44.8 Å². The Kier molecular flexibility index (Phi) is 8.37. The number of aliphatic hydroxyl groups is 1. The standard InChI is InChI=1S/C27H29ClN4O5S/c1-27(2,13-14-32-17-29-22-11-12-24(37-18-33)25(28)26(22)32)30-16-23(34)19-7-6-8-20(15-19)31-38(35,36)21-9-4-3-5-10-21/h3-12,15,17-18,23,30-31,34H,13-14,16H2,1-2H3. The topological polar surface area (TPSA) is 123 Å². The number of rotatable bonds is 12. The molecule has 0 aliphatic rings. The molecule has 0 bridgehead atoms. The zero-order chi connectivity index (χ0) is 27.3. The van der Waals surface area contributed by atoms with E-state index in [1.54, 1.807) is 60.9 Å². The van der Waals surface area contributed by atoms with Crippen LogP contribution in [0.1, 0.15) is 31.9 Å². The number of aliphatic hydroxyl groups excluding tert-OH is 1. The third-order valence-corrected chi connectivity index (χ3v) is 7.95. The van der Waals surface area contributed by atoms with Gasteiger partial charge < -0.3 is 19.7 Å². The van der Waals surface area contributed by atoms with E-state index in [0.717, 1.165) is 0 Å². The van der Waals surface area contributed by atoms with Crippen LogP contribution in [0.25, 0.3) is 11.0 Å². The van der Waals surface area contributed by atoms with Gasteiger partial charge in [0.1, 0.15) is 5.02 Å². The third-order valence-electron chi connectivity index (χ3n) is 6.19. The predicted octanol–water partition coefficient (Wildman–Crippen LogP) is 4.52. The minimum absolute atomic E-state index is 0.161. The van der Waals surface area contributed by atoms with Gasteiger partial charge in [0.05, 0.1) is 28.4 Å². The summed E-state index contributed by atoms with van der Waals surface area (Å²) in [6.07, 6.45) is 1.51. The number of ether oxygens (including phenoxy) is 1. The molecule has 0 aliphatic heterocycles. The molecule has 38 heavy (non-hydrogen) atoms. The average Bonchev–Trinajstić information content (AvgIpc) is 3.32. The van der Waals surface area contributed by atoms with Crippen LogP contribution in [0.3, 0.4) is 0 Å². The van der Waals surface area contributed by atoms with Crippen LogP contribution in [0.15, 0.2) is 78.0 Å². The van der Waals surface area contributed by atoms with Gasteiger partial charge in [-0.3, -0.25) is 9.52 Å². The average molecular weight is 557 g/mol. The highest BCUT2D eigenvalue weighted by Crippen LogP contribution is 2.32. The van der Waals surface area contributed by atoms with Crippen molar-refractivity contribution in [2.45, 2.75) is 43.4 Å². The molecule has 0 fully saturated rings. The van der Waals surface area contributed by atoms with Crippen molar-refractivity contribution in [2.24, 2.45) is 0 Å². The van der Waals surface area contributed by atoms with E-state index in [-0.39, 0.29) is 22.7 Å². The van der Waals surface area contributed by atoms with E-state index in [0.29, 0.717) is 46.7 Å². The number of nitrogens with one attached hydrogen (secondary N) is 2. The van der Waals surface area contributed by atoms with Gasteiger partial charge in [0, 0.05) is 24.3 Å². The number of aromatic nitrogens is 2. The molecule has 0 spiro atoms. The molecule has 0 radical (unpaired) electrons. The minimum atomic E-state index is -3.73. The fourth-order valence-corrected chi connectivity index (χ4v) is 5.40. The number of carbonyl (C=O) groups is 1. The first-order valence-electron chi connectivity index (χ1n) is 11.9. The van der Waals surface area contributed by atoms with Crippen molar-refractivity contribution in [1.29, 1.82) is 0 Å². The second kappa shape index (κ2) is 11.5. The van der Waals surface area contributed by atoms with E-state index in [2.05, 4.69) is 15.0 Å². The molecule has 4 aromatic rings. The molecule has 1 atom stereocenters. The summed E-state index contributed by atoms with van der Waals surface area (Å²) in [6.45, 7) is 5.20. The number of sulfonamides is 1. The molecule has 0 saturated heterocycles. The number of fused-ring (bicyclic) bond motifs is 1. The molecule has 0 saturated carbocycles. The van der Waals surface area contributed by atoms with Crippen molar-refractivity contribution in [3.8, 4) is 5.75 Å². The number of carbonyl (C=O) groups excluding carboxylic acids is 1. The molecule has 0 amide bonds. The van der Waals surface area contributed by atoms with Gasteiger partial charge in [-0.15, -0.1) is 0 Å². The quantitative estimate of drug-likeness (QED) is 0.219. The van der Waals surface area contributed by atoms with Crippen LogP contribution < -0.4 is 14.8 Å². The van der Waals surface area contributed by atoms with Gasteiger partial charge in [-0.05, 0) is 62.2 Å². The van der Waals surface area contributed by atoms with E-state index in [1.165, 1.54) is 12.1 Å². The highest BCUT2D eigenvalue weighted by molar-refractivity contribution is 7.92. The zero-order valence-corrected chi connectivity index (χ0v) is 22.5. The second-order valence-corrected chi connectivity index (χ2v) is 11.5. The maximum atomic E-state index is 12.6. The van der Waals surface area contributed by atoms with Gasteiger partial charge in [-0.2, -0.15) is 0 Å². The van der Waals surface area contributed by atoms with E-state index >= 15 is 0 Å². The summed E-state index contributed by atoms with van der Waals surface area (Å²) >= 11 is 6.44. The molecule has 1 aromatic heterocycles. The molecule has 1 unspecified atom stereocenters. The number of anilines is 1. The summed E-state index contributed by atoms with van der Waals surface area (Å²) in [5.41, 5.74) is 1.95. The van der Waals surface area contributed by atoms with Gasteiger partial charge in [-0.1, -0.05) is 41.9 Å². The lowest BCUT2D eigenvalue weighted by atomic mass is 9.99. The molecule has 9 nitrogen and oxygen atoms in total. The summed E-state index contributed by atoms with van der Waals surface area (Å²) in [6, 6.07) is 18.2. The van der Waals surface area contributed by atoms with Gasteiger partial charge in [0.2, 0.25) is 0 Å². The Labute approximate surface area is 226 Å². The Morgan fingerprint density at radius 1 is 1.13 bits per heavy atom. The number of benzene rings is 3. The Morgan fingerprint density at radius 3 is 2.63 bits per heavy atom. The fourth-order valence-electron chi connectivity index (χ4n) is 4.02. The SMILES string of the molecule is CC(C)(CCn1cnc2ccc(OC=O)c(Cl)c21)NCC(O)c1cccc(NS(=O)(=O)c2ccccc2)c1. The molecule has 11 heteroatoms. The molecule has 0 aliphatic carbocycles. The lowest BCUT2D eigenvalue weighted by molar-refractivity contribution is -0.120. The minimum Gasteiger partial charge on any atom is -0.427 e. The van der Waals surface area contributed by atoms with Crippen LogP contribution in [0, 0.1) is 0 Å². The van der Waals surface area contributed by atoms with Crippen LogP contribution >= 0.6 is 11.6 Å². The maximum absolute atomic E-state index is 12.6. The van der Waals surface area contributed by atoms with Crippen LogP contribution in [0.4, 0.5) is 5.69 Å². The van der Waals surface area contributed by atoms with E-state index in [9.17, 15) is 18.3 Å². The predicted molar refractivity (Wildman–Crippen MR) is 147 cm³/mol. The van der Waals surface area contributed by atoms with E-state index in [4.69, 9.17) is 16.3 Å². The number of hydrogen-bond acceptors (Lipinski definition) is 7. The Morgan fingerprint density at radius 2 is 1.89 bits per heavy atom. The molecule has 4 rings (SSSR count). The molecular formula is C27H29ClN4O5S. The molecule has 200 valence electrons. The molecular weight excluding hydrogens is 528 g/mol. The third kappa shape index (κ3) is 6.51. The number of halogens is 1. The second-order valence-electron chi connectivity index (χ2n) is 9.47. The fraction of sp³-hybridized carbons (Fsp3) is 0.259. The van der Waals surface area contributed by atoms with Gasteiger partial charge in [0.15, 0.2) is 5.75 Å².